The number of hydrogen-bond donors (Lipinski definition) is 4. The number of β-amino-alcohol motifs (C(OH)–C–C–N with tert-alkyl or cyclic N) is 1. The summed E-state index contributed by atoms with van der Waals surface area (Å²) in [5.41, 5.74) is 10.0. The van der Waals surface area contributed by atoms with Crippen LogP contribution in [-0.2, 0) is 25.7 Å². The van der Waals surface area contributed by atoms with Gasteiger partial charge in [0.1, 0.15) is 35.5 Å². The standard InChI is InChI=1S/C51H54N10O6S2/c1-26-29(4)69-50-43(26)44(54-39(21-42(64)65)47-57-56-30(5)61(47)50)33-13-11-32(12-14-33)35-17-18-36-22-59(58-38(36)19-35)24-41(63)55-46(51(6,7)8)49(67)60-23-37(62)20-40(60)48(66)53-27(2)31-9-15-34(16-10-31)45-28(3)52-25-68-45/h9-19,22,25,27,37,39-40,46,62H,20-21,23-24H2,1-8H3,(H,53,66)(H,55,63)(H,64,65)/t27?,37-,39+,40+,46?/m1/s1. The topological polar surface area (TPSA) is 210 Å². The molecule has 0 aliphatic carbocycles. The number of aliphatic carboxylic acids is 1. The molecule has 1 saturated heterocycles. The molecule has 2 aliphatic rings. The lowest BCUT2D eigenvalue weighted by atomic mass is 9.85. The van der Waals surface area contributed by atoms with E-state index < -0.39 is 47.4 Å². The second kappa shape index (κ2) is 18.5. The molecule has 6 heterocycles. The van der Waals surface area contributed by atoms with E-state index in [0.29, 0.717) is 22.9 Å². The van der Waals surface area contributed by atoms with Crippen molar-refractivity contribution < 1.29 is 29.4 Å². The molecule has 0 spiro atoms. The minimum absolute atomic E-state index is 0.0342. The van der Waals surface area contributed by atoms with Crippen LogP contribution in [0.4, 0.5) is 0 Å². The number of carbonyl (C=O) groups excluding carboxylic acids is 3. The van der Waals surface area contributed by atoms with Crippen molar-refractivity contribution in [3.05, 3.63) is 123 Å². The Bertz CT molecular complexity index is 3160. The number of amides is 3. The van der Waals surface area contributed by atoms with Gasteiger partial charge in [0.2, 0.25) is 17.7 Å². The maximum absolute atomic E-state index is 14.3. The van der Waals surface area contributed by atoms with Gasteiger partial charge in [0.05, 0.1) is 45.9 Å². The van der Waals surface area contributed by atoms with Crippen molar-refractivity contribution in [3.63, 3.8) is 0 Å². The third-order valence-electron chi connectivity index (χ3n) is 13.0. The van der Waals surface area contributed by atoms with Gasteiger partial charge < -0.3 is 25.7 Å². The highest BCUT2D eigenvalue weighted by Crippen LogP contribution is 2.40. The molecule has 1 fully saturated rings. The fourth-order valence-electron chi connectivity index (χ4n) is 9.21. The molecule has 16 nitrogen and oxygen atoms in total. The Morgan fingerprint density at radius 2 is 1.59 bits per heavy atom. The number of carbonyl (C=O) groups is 4. The fraction of sp³-hybridized carbons (Fsp3) is 0.353. The Kier molecular flexibility index (Phi) is 12.7. The first kappa shape index (κ1) is 47.2. The molecule has 5 atom stereocenters. The van der Waals surface area contributed by atoms with Crippen molar-refractivity contribution in [3.8, 4) is 26.6 Å². The number of carboxylic acids is 1. The van der Waals surface area contributed by atoms with Gasteiger partial charge in [-0.05, 0) is 73.9 Å². The summed E-state index contributed by atoms with van der Waals surface area (Å²) in [5.74, 6) is -1.07. The van der Waals surface area contributed by atoms with Gasteiger partial charge in [-0.15, -0.1) is 32.9 Å². The molecule has 3 aromatic carbocycles. The van der Waals surface area contributed by atoms with Crippen LogP contribution in [0.25, 0.3) is 37.5 Å². The molecule has 4 aromatic heterocycles. The second-order valence-corrected chi connectivity index (χ2v) is 21.1. The molecule has 2 aliphatic heterocycles. The summed E-state index contributed by atoms with van der Waals surface area (Å²) in [7, 11) is 0. The van der Waals surface area contributed by atoms with Crippen LogP contribution in [0.15, 0.2) is 83.4 Å². The minimum Gasteiger partial charge on any atom is -0.481 e. The molecule has 2 unspecified atom stereocenters. The van der Waals surface area contributed by atoms with Crippen molar-refractivity contribution >= 4 is 63.0 Å². The van der Waals surface area contributed by atoms with E-state index >= 15 is 0 Å². The van der Waals surface area contributed by atoms with E-state index in [1.54, 1.807) is 33.6 Å². The summed E-state index contributed by atoms with van der Waals surface area (Å²) < 4.78 is 3.48. The first-order valence-corrected chi connectivity index (χ1v) is 24.5. The highest BCUT2D eigenvalue weighted by atomic mass is 32.1. The number of thiazole rings is 1. The minimum atomic E-state index is -1.000. The lowest BCUT2D eigenvalue weighted by Crippen LogP contribution is -2.58. The summed E-state index contributed by atoms with van der Waals surface area (Å²) in [6.07, 6.45) is 0.733. The molecular weight excluding hydrogens is 913 g/mol. The van der Waals surface area contributed by atoms with Crippen LogP contribution < -0.4 is 10.6 Å². The summed E-state index contributed by atoms with van der Waals surface area (Å²) in [5, 5.41) is 41.7. The van der Waals surface area contributed by atoms with Gasteiger partial charge in [-0.2, -0.15) is 5.10 Å². The summed E-state index contributed by atoms with van der Waals surface area (Å²) in [4.78, 5) is 66.9. The predicted molar refractivity (Wildman–Crippen MR) is 266 cm³/mol. The van der Waals surface area contributed by atoms with Crippen molar-refractivity contribution in [2.24, 2.45) is 10.4 Å². The third kappa shape index (κ3) is 9.35. The summed E-state index contributed by atoms with van der Waals surface area (Å²) >= 11 is 3.18. The van der Waals surface area contributed by atoms with Crippen molar-refractivity contribution in [1.29, 1.82) is 0 Å². The lowest BCUT2D eigenvalue weighted by molar-refractivity contribution is -0.144. The van der Waals surface area contributed by atoms with Crippen LogP contribution in [0.3, 0.4) is 0 Å². The zero-order valence-electron chi connectivity index (χ0n) is 39.6. The molecule has 69 heavy (non-hydrogen) atoms. The molecule has 0 radical (unpaired) electrons. The zero-order valence-corrected chi connectivity index (χ0v) is 41.3. The first-order valence-electron chi connectivity index (χ1n) is 22.8. The zero-order chi connectivity index (χ0) is 49.1. The van der Waals surface area contributed by atoms with E-state index in [2.05, 4.69) is 39.7 Å². The van der Waals surface area contributed by atoms with Gasteiger partial charge in [-0.25, -0.2) is 4.98 Å². The molecule has 0 bridgehead atoms. The number of aliphatic hydroxyl groups is 1. The van der Waals surface area contributed by atoms with E-state index in [1.807, 2.05) is 118 Å². The number of nitrogens with zero attached hydrogens (tertiary/aromatic N) is 8. The average molecular weight is 967 g/mol. The monoisotopic (exact) mass is 966 g/mol. The number of benzene rings is 3. The second-order valence-electron chi connectivity index (χ2n) is 19.1. The number of carboxylic acid groups (broad SMARTS) is 1. The number of aliphatic imine (C=N–C) groups is 1. The van der Waals surface area contributed by atoms with E-state index in [-0.39, 0.29) is 37.9 Å². The van der Waals surface area contributed by atoms with Gasteiger partial charge in [0.25, 0.3) is 0 Å². The number of aromatic nitrogens is 6. The van der Waals surface area contributed by atoms with E-state index in [1.165, 1.54) is 4.90 Å². The Balaban J connectivity index is 0.882. The third-order valence-corrected chi connectivity index (χ3v) is 15.2. The number of thiophene rings is 1. The number of aliphatic hydroxyl groups excluding tert-OH is 1. The highest BCUT2D eigenvalue weighted by Gasteiger charge is 2.45. The van der Waals surface area contributed by atoms with Crippen LogP contribution in [0.1, 0.15) is 97.1 Å². The number of likely N-dealkylation sites (tertiary alicyclic amines) is 1. The van der Waals surface area contributed by atoms with E-state index in [4.69, 9.17) is 10.1 Å². The normalized spacial score (nSPS) is 17.7. The summed E-state index contributed by atoms with van der Waals surface area (Å²) in [6.45, 7) is 15.2. The lowest BCUT2D eigenvalue weighted by Gasteiger charge is -2.35. The number of rotatable bonds is 12. The number of nitrogens with one attached hydrogen (secondary N) is 2. The van der Waals surface area contributed by atoms with Crippen LogP contribution in [-0.4, -0.2) is 98.8 Å². The Morgan fingerprint density at radius 3 is 2.28 bits per heavy atom. The Hall–Kier alpha value is -6.89. The number of fused-ring (bicyclic) bond motifs is 4. The van der Waals surface area contributed by atoms with Gasteiger partial charge >= 0.3 is 5.97 Å². The Morgan fingerprint density at radius 1 is 0.899 bits per heavy atom. The van der Waals surface area contributed by atoms with Gasteiger partial charge in [-0.1, -0.05) is 81.4 Å². The molecule has 9 rings (SSSR count). The smallest absolute Gasteiger partial charge is 0.306 e. The number of aryl methyl sites for hydroxylation is 3. The van der Waals surface area contributed by atoms with Crippen LogP contribution in [0, 0.1) is 33.1 Å². The maximum Gasteiger partial charge on any atom is 0.306 e. The SMILES string of the molecule is Cc1ncsc1-c1ccc(C(C)NC(=O)[C@@H]2C[C@@H](O)CN2C(=O)C(NC(=O)Cn2cc3ccc(-c4ccc(C5=N[C@@H](CC(=O)O)c6nnc(C)n6-c6sc(C)c(C)c65)cc4)cc3n2)C(C)(C)C)cc1. The van der Waals surface area contributed by atoms with E-state index in [0.717, 1.165) is 64.8 Å². The molecule has 0 saturated carbocycles. The quantitative estimate of drug-likeness (QED) is 0.0951. The van der Waals surface area contributed by atoms with Gasteiger partial charge in [-0.3, -0.25) is 33.4 Å². The van der Waals surface area contributed by atoms with Crippen molar-refractivity contribution in [2.45, 2.75) is 105 Å². The number of hydrogen-bond acceptors (Lipinski definition) is 12. The molecule has 4 N–H and O–H groups in total. The van der Waals surface area contributed by atoms with Crippen LogP contribution in [0.2, 0.25) is 0 Å². The van der Waals surface area contributed by atoms with Crippen LogP contribution >= 0.6 is 22.7 Å². The van der Waals surface area contributed by atoms with Gasteiger partial charge in [0, 0.05) is 40.6 Å². The first-order chi connectivity index (χ1) is 32.8. The fourth-order valence-corrected chi connectivity index (χ4v) is 11.2. The molecule has 18 heteroatoms. The molecular formula is C51H54N10O6S2. The van der Waals surface area contributed by atoms with Gasteiger partial charge in [0.15, 0.2) is 5.82 Å². The van der Waals surface area contributed by atoms with Crippen molar-refractivity contribution in [2.75, 3.05) is 6.54 Å². The maximum atomic E-state index is 14.3. The molecule has 7 aromatic rings. The van der Waals surface area contributed by atoms with Crippen molar-refractivity contribution in [1.82, 2.24) is 45.1 Å². The molecule has 356 valence electrons. The molecule has 3 amide bonds. The summed E-state index contributed by atoms with van der Waals surface area (Å²) in [6, 6.07) is 18.8. The Labute approximate surface area is 407 Å². The van der Waals surface area contributed by atoms with E-state index in [9.17, 15) is 29.4 Å². The largest absolute Gasteiger partial charge is 0.481 e. The predicted octanol–water partition coefficient (Wildman–Crippen LogP) is 7.44. The highest BCUT2D eigenvalue weighted by molar-refractivity contribution is 7.15. The van der Waals surface area contributed by atoms with Crippen LogP contribution in [0.5, 0.6) is 0 Å². The average Bonchev–Trinajstić information content (AvgIpc) is 4.14.